The third-order valence-corrected chi connectivity index (χ3v) is 7.73. The van der Waals surface area contributed by atoms with Gasteiger partial charge in [0.1, 0.15) is 23.1 Å². The highest BCUT2D eigenvalue weighted by Crippen LogP contribution is 2.36. The lowest BCUT2D eigenvalue weighted by Crippen LogP contribution is -2.00. The number of aromatic nitrogens is 4. The van der Waals surface area contributed by atoms with Crippen molar-refractivity contribution in [3.8, 4) is 39.9 Å². The molecule has 0 atom stereocenters. The molecule has 4 aromatic carbocycles. The van der Waals surface area contributed by atoms with E-state index in [-0.39, 0.29) is 0 Å². The van der Waals surface area contributed by atoms with Crippen LogP contribution in [0.5, 0.6) is 17.2 Å². The molecule has 6 heteroatoms. The van der Waals surface area contributed by atoms with Gasteiger partial charge in [-0.15, -0.1) is 0 Å². The Hall–Kier alpha value is -5.36. The Labute approximate surface area is 244 Å². The highest BCUT2D eigenvalue weighted by Gasteiger charge is 2.17. The van der Waals surface area contributed by atoms with Crippen LogP contribution in [0.1, 0.15) is 17.0 Å². The fraction of sp³-hybridized carbons (Fsp3) is 0.111. The van der Waals surface area contributed by atoms with Crippen molar-refractivity contribution in [1.82, 2.24) is 19.3 Å². The summed E-state index contributed by atoms with van der Waals surface area (Å²) in [6, 6.07) is 35.0. The van der Waals surface area contributed by atoms with Gasteiger partial charge in [0.2, 0.25) is 0 Å². The van der Waals surface area contributed by atoms with Crippen molar-refractivity contribution in [2.75, 3.05) is 7.11 Å². The molecule has 3 heterocycles. The van der Waals surface area contributed by atoms with E-state index >= 15 is 0 Å². The first-order valence-corrected chi connectivity index (χ1v) is 14.0. The Balaban J connectivity index is 1.30. The topological polar surface area (TPSA) is 54.1 Å². The van der Waals surface area contributed by atoms with Crippen LogP contribution >= 0.6 is 0 Å². The van der Waals surface area contributed by atoms with Gasteiger partial charge in [-0.3, -0.25) is 4.57 Å². The van der Waals surface area contributed by atoms with Crippen molar-refractivity contribution in [2.45, 2.75) is 20.8 Å². The first-order valence-electron chi connectivity index (χ1n) is 14.0. The standard InChI is InChI=1S/C36H30N4O2/c1-23-13-16-33-32(19-23)31-15-14-30(21-34(31)39(33)35-22-28(41-4)17-18-37-35)42-29-12-8-11-27(20-29)40-25(3)36(24(2)38-40)26-9-6-5-7-10-26/h5-22H,1-4H3. The average molecular weight is 551 g/mol. The first-order chi connectivity index (χ1) is 20.5. The molecule has 0 N–H and O–H groups in total. The summed E-state index contributed by atoms with van der Waals surface area (Å²) in [6.45, 7) is 6.28. The lowest BCUT2D eigenvalue weighted by molar-refractivity contribution is 0.414. The smallest absolute Gasteiger partial charge is 0.141 e. The minimum atomic E-state index is 0.735. The van der Waals surface area contributed by atoms with E-state index in [1.54, 1.807) is 13.3 Å². The van der Waals surface area contributed by atoms with Crippen molar-refractivity contribution in [1.29, 1.82) is 0 Å². The largest absolute Gasteiger partial charge is 0.497 e. The van der Waals surface area contributed by atoms with Crippen LogP contribution in [0.4, 0.5) is 0 Å². The minimum Gasteiger partial charge on any atom is -0.497 e. The molecule has 0 unspecified atom stereocenters. The van der Waals surface area contributed by atoms with Crippen LogP contribution in [0.15, 0.2) is 109 Å². The Kier molecular flexibility index (Phi) is 6.24. The Bertz CT molecular complexity index is 2090. The molecule has 42 heavy (non-hydrogen) atoms. The monoisotopic (exact) mass is 550 g/mol. The molecule has 0 spiro atoms. The van der Waals surface area contributed by atoms with Crippen LogP contribution in [-0.2, 0) is 0 Å². The number of fused-ring (bicyclic) bond motifs is 3. The second-order valence-electron chi connectivity index (χ2n) is 10.5. The average Bonchev–Trinajstić information content (AvgIpc) is 3.49. The molecule has 3 aromatic heterocycles. The lowest BCUT2D eigenvalue weighted by atomic mass is 10.0. The quantitative estimate of drug-likeness (QED) is 0.208. The molecule has 7 rings (SSSR count). The van der Waals surface area contributed by atoms with E-state index < -0.39 is 0 Å². The van der Waals surface area contributed by atoms with Crippen molar-refractivity contribution < 1.29 is 9.47 Å². The van der Waals surface area contributed by atoms with E-state index in [0.29, 0.717) is 0 Å². The van der Waals surface area contributed by atoms with Crippen LogP contribution < -0.4 is 9.47 Å². The minimum absolute atomic E-state index is 0.735. The Morgan fingerprint density at radius 3 is 2.33 bits per heavy atom. The summed E-state index contributed by atoms with van der Waals surface area (Å²) in [5.41, 5.74) is 8.63. The van der Waals surface area contributed by atoms with Gasteiger partial charge in [0, 0.05) is 46.4 Å². The molecular weight excluding hydrogens is 520 g/mol. The molecule has 7 aromatic rings. The maximum absolute atomic E-state index is 6.47. The molecule has 6 nitrogen and oxygen atoms in total. The lowest BCUT2D eigenvalue weighted by Gasteiger charge is -2.11. The molecule has 0 bridgehead atoms. The zero-order valence-corrected chi connectivity index (χ0v) is 24.0. The molecule has 0 aliphatic heterocycles. The number of hydrogen-bond acceptors (Lipinski definition) is 4. The van der Waals surface area contributed by atoms with Crippen molar-refractivity contribution in [3.63, 3.8) is 0 Å². The van der Waals surface area contributed by atoms with Crippen LogP contribution in [0, 0.1) is 20.8 Å². The summed E-state index contributed by atoms with van der Waals surface area (Å²) in [6.07, 6.45) is 1.77. The van der Waals surface area contributed by atoms with E-state index in [1.165, 1.54) is 10.9 Å². The molecule has 0 fully saturated rings. The molecule has 0 amide bonds. The molecule has 206 valence electrons. The zero-order chi connectivity index (χ0) is 28.8. The molecule has 0 saturated carbocycles. The second kappa shape index (κ2) is 10.2. The molecule has 0 saturated heterocycles. The van der Waals surface area contributed by atoms with E-state index in [2.05, 4.69) is 91.0 Å². The number of hydrogen-bond donors (Lipinski definition) is 0. The maximum atomic E-state index is 6.47. The summed E-state index contributed by atoms with van der Waals surface area (Å²) in [5, 5.41) is 7.18. The fourth-order valence-electron chi connectivity index (χ4n) is 5.81. The molecule has 0 radical (unpaired) electrons. The van der Waals surface area contributed by atoms with Crippen LogP contribution in [0.2, 0.25) is 0 Å². The van der Waals surface area contributed by atoms with E-state index in [9.17, 15) is 0 Å². The number of benzene rings is 4. The summed E-state index contributed by atoms with van der Waals surface area (Å²) in [4.78, 5) is 4.68. The SMILES string of the molecule is COc1ccnc(-n2c3ccc(C)cc3c3ccc(Oc4cccc(-n5nc(C)c(-c6ccccc6)c5C)c4)cc32)c1. The van der Waals surface area contributed by atoms with Crippen molar-refractivity contribution >= 4 is 21.8 Å². The zero-order valence-electron chi connectivity index (χ0n) is 24.0. The molecular formula is C36H30N4O2. The van der Waals surface area contributed by atoms with Gasteiger partial charge in [0.15, 0.2) is 0 Å². The second-order valence-corrected chi connectivity index (χ2v) is 10.5. The van der Waals surface area contributed by atoms with Gasteiger partial charge in [0.25, 0.3) is 0 Å². The van der Waals surface area contributed by atoms with Gasteiger partial charge in [-0.2, -0.15) is 5.10 Å². The van der Waals surface area contributed by atoms with Crippen LogP contribution in [0.3, 0.4) is 0 Å². The predicted octanol–water partition coefficient (Wildman–Crippen LogP) is 8.76. The number of pyridine rings is 1. The Morgan fingerprint density at radius 1 is 0.667 bits per heavy atom. The number of rotatable bonds is 6. The number of methoxy groups -OCH3 is 1. The van der Waals surface area contributed by atoms with E-state index in [0.717, 1.165) is 67.7 Å². The van der Waals surface area contributed by atoms with Crippen molar-refractivity contribution in [2.24, 2.45) is 0 Å². The van der Waals surface area contributed by atoms with Gasteiger partial charge >= 0.3 is 0 Å². The van der Waals surface area contributed by atoms with E-state index in [4.69, 9.17) is 14.6 Å². The first kappa shape index (κ1) is 25.6. The third kappa shape index (κ3) is 4.38. The molecule has 0 aliphatic rings. The molecule has 0 aliphatic carbocycles. The summed E-state index contributed by atoms with van der Waals surface area (Å²) in [7, 11) is 1.67. The van der Waals surface area contributed by atoms with Gasteiger partial charge < -0.3 is 9.47 Å². The van der Waals surface area contributed by atoms with Gasteiger partial charge in [0.05, 0.1) is 29.5 Å². The van der Waals surface area contributed by atoms with Gasteiger partial charge in [-0.25, -0.2) is 9.67 Å². The summed E-state index contributed by atoms with van der Waals surface area (Å²) < 4.78 is 16.1. The predicted molar refractivity (Wildman–Crippen MR) is 168 cm³/mol. The fourth-order valence-corrected chi connectivity index (χ4v) is 5.81. The van der Waals surface area contributed by atoms with Crippen LogP contribution in [-0.4, -0.2) is 26.4 Å². The van der Waals surface area contributed by atoms with Gasteiger partial charge in [-0.05, 0) is 68.8 Å². The highest BCUT2D eigenvalue weighted by molar-refractivity contribution is 6.09. The number of ether oxygens (including phenoxy) is 2. The van der Waals surface area contributed by atoms with Gasteiger partial charge in [-0.1, -0.05) is 48.0 Å². The number of aryl methyl sites for hydroxylation is 2. The van der Waals surface area contributed by atoms with E-state index in [1.807, 2.05) is 47.1 Å². The van der Waals surface area contributed by atoms with Crippen LogP contribution in [0.25, 0.3) is 44.4 Å². The summed E-state index contributed by atoms with van der Waals surface area (Å²) in [5.74, 6) is 3.02. The normalized spacial score (nSPS) is 11.3. The Morgan fingerprint density at radius 2 is 1.50 bits per heavy atom. The summed E-state index contributed by atoms with van der Waals surface area (Å²) >= 11 is 0. The third-order valence-electron chi connectivity index (χ3n) is 7.73. The number of nitrogens with zero attached hydrogens (tertiary/aromatic N) is 4. The maximum Gasteiger partial charge on any atom is 0.141 e. The highest BCUT2D eigenvalue weighted by atomic mass is 16.5. The van der Waals surface area contributed by atoms with Crippen molar-refractivity contribution in [3.05, 3.63) is 126 Å².